The van der Waals surface area contributed by atoms with Gasteiger partial charge < -0.3 is 10.2 Å². The van der Waals surface area contributed by atoms with Crippen molar-refractivity contribution in [1.29, 1.82) is 0 Å². The lowest BCUT2D eigenvalue weighted by Gasteiger charge is -2.42. The summed E-state index contributed by atoms with van der Waals surface area (Å²) in [6.07, 6.45) is 12.8. The Morgan fingerprint density at radius 2 is 1.31 bits per heavy atom. The van der Waals surface area contributed by atoms with Crippen LogP contribution in [0.4, 0.5) is 0 Å². The molecular weight excluding hydrogens is 651 g/mol. The van der Waals surface area contributed by atoms with Gasteiger partial charge in [-0.25, -0.2) is 14.6 Å². The van der Waals surface area contributed by atoms with Crippen LogP contribution in [0.25, 0.3) is 0 Å². The molecule has 5 nitrogen and oxygen atoms in total. The number of aliphatic carboxylic acids is 1. The Balaban J connectivity index is 0.000000198. The molecule has 3 aliphatic rings. The minimum Gasteiger partial charge on any atom is -0.478 e. The molecule has 0 radical (unpaired) electrons. The van der Waals surface area contributed by atoms with Crippen molar-refractivity contribution in [2.75, 3.05) is 0 Å². The standard InChI is InChI=1S/C24H32O2.C21H25NO2S/c1-16(13-21(25)26)7-8-18-15-24(18,6)17-9-10-19-20(14-17)23(4,5)12-11-22(19,2)3;1-13-10-15-16(21(4,5)9-8-20(15,2)3)11-17(13)25-18-7-6-14(12-22-18)19(23)24/h7-10,13-14,18H,11-12,15H2,1-6H3,(H,25,26);6-7,10-12H,8-9H2,1-5H3,(H,23,24)/b8-7+,16-13+;. The molecule has 1 saturated carbocycles. The number of benzene rings is 2. The fraction of sp³-hybridized carbons (Fsp3) is 0.489. The van der Waals surface area contributed by atoms with E-state index in [1.165, 1.54) is 76.2 Å². The summed E-state index contributed by atoms with van der Waals surface area (Å²) >= 11 is 1.60. The zero-order chi connectivity index (χ0) is 37.7. The molecule has 2 aromatic carbocycles. The van der Waals surface area contributed by atoms with Crippen molar-refractivity contribution in [2.24, 2.45) is 5.92 Å². The third kappa shape index (κ3) is 8.22. The normalized spacial score (nSPS) is 23.7. The quantitative estimate of drug-likeness (QED) is 0.188. The van der Waals surface area contributed by atoms with Crippen molar-refractivity contribution in [3.8, 4) is 0 Å². The van der Waals surface area contributed by atoms with Gasteiger partial charge in [0.15, 0.2) is 0 Å². The van der Waals surface area contributed by atoms with Gasteiger partial charge in [0.1, 0.15) is 5.03 Å². The van der Waals surface area contributed by atoms with Crippen LogP contribution in [0.1, 0.15) is 145 Å². The lowest BCUT2D eigenvalue weighted by molar-refractivity contribution is -0.131. The number of aromatic carboxylic acids is 1. The van der Waals surface area contributed by atoms with Crippen molar-refractivity contribution in [3.63, 3.8) is 0 Å². The summed E-state index contributed by atoms with van der Waals surface area (Å²) in [6, 6.07) is 15.2. The van der Waals surface area contributed by atoms with Crippen LogP contribution in [0, 0.1) is 12.8 Å². The number of allylic oxidation sites excluding steroid dienone is 3. The summed E-state index contributed by atoms with van der Waals surface area (Å²) in [5.74, 6) is -1.35. The minimum absolute atomic E-state index is 0.173. The molecule has 1 fully saturated rings. The molecule has 272 valence electrons. The summed E-state index contributed by atoms with van der Waals surface area (Å²) in [5.41, 5.74) is 10.6. The Morgan fingerprint density at radius 1 is 0.765 bits per heavy atom. The highest BCUT2D eigenvalue weighted by molar-refractivity contribution is 7.99. The number of carbonyl (C=O) groups is 2. The number of aromatic nitrogens is 1. The van der Waals surface area contributed by atoms with Gasteiger partial charge in [0.25, 0.3) is 0 Å². The maximum atomic E-state index is 11.0. The Kier molecular flexibility index (Phi) is 10.4. The Bertz CT molecular complexity index is 1900. The molecule has 0 bridgehead atoms. The Labute approximate surface area is 310 Å². The molecule has 0 spiro atoms. The lowest BCUT2D eigenvalue weighted by atomic mass is 9.62. The topological polar surface area (TPSA) is 87.5 Å². The van der Waals surface area contributed by atoms with E-state index in [1.807, 2.05) is 13.0 Å². The molecule has 2 atom stereocenters. The van der Waals surface area contributed by atoms with Crippen LogP contribution in [0.2, 0.25) is 0 Å². The van der Waals surface area contributed by atoms with E-state index < -0.39 is 11.9 Å². The first-order valence-electron chi connectivity index (χ1n) is 18.3. The van der Waals surface area contributed by atoms with E-state index in [2.05, 4.69) is 111 Å². The van der Waals surface area contributed by atoms with Gasteiger partial charge in [-0.2, -0.15) is 0 Å². The summed E-state index contributed by atoms with van der Waals surface area (Å²) in [6.45, 7) is 25.1. The minimum atomic E-state index is -0.946. The number of aryl methyl sites for hydroxylation is 1. The van der Waals surface area contributed by atoms with Crippen LogP contribution in [-0.4, -0.2) is 27.1 Å². The number of rotatable bonds is 7. The molecule has 2 unspecified atom stereocenters. The second-order valence-electron chi connectivity index (χ2n) is 18.1. The number of hydrogen-bond acceptors (Lipinski definition) is 4. The highest BCUT2D eigenvalue weighted by atomic mass is 32.2. The largest absolute Gasteiger partial charge is 0.478 e. The number of carboxylic acid groups (broad SMARTS) is 2. The van der Waals surface area contributed by atoms with Crippen molar-refractivity contribution in [2.45, 2.75) is 145 Å². The van der Waals surface area contributed by atoms with Gasteiger partial charge in [0, 0.05) is 17.2 Å². The number of hydrogen-bond donors (Lipinski definition) is 2. The van der Waals surface area contributed by atoms with Gasteiger partial charge >= 0.3 is 11.9 Å². The van der Waals surface area contributed by atoms with Crippen molar-refractivity contribution >= 4 is 23.7 Å². The first-order chi connectivity index (χ1) is 23.6. The fourth-order valence-electron chi connectivity index (χ4n) is 7.96. The number of carboxylic acids is 2. The third-order valence-electron chi connectivity index (χ3n) is 12.1. The van der Waals surface area contributed by atoms with Crippen molar-refractivity contribution in [3.05, 3.63) is 111 Å². The second-order valence-corrected chi connectivity index (χ2v) is 19.1. The van der Waals surface area contributed by atoms with Gasteiger partial charge in [-0.3, -0.25) is 0 Å². The van der Waals surface area contributed by atoms with E-state index in [4.69, 9.17) is 10.2 Å². The van der Waals surface area contributed by atoms with Gasteiger partial charge in [0.2, 0.25) is 0 Å². The second kappa shape index (κ2) is 13.7. The Morgan fingerprint density at radius 3 is 1.84 bits per heavy atom. The van der Waals surface area contributed by atoms with Crippen LogP contribution in [-0.2, 0) is 31.9 Å². The Hall–Kier alpha value is -3.64. The maximum absolute atomic E-state index is 11.0. The average molecular weight is 708 g/mol. The molecule has 1 heterocycles. The molecule has 51 heavy (non-hydrogen) atoms. The van der Waals surface area contributed by atoms with Crippen LogP contribution in [0.3, 0.4) is 0 Å². The lowest BCUT2D eigenvalue weighted by Crippen LogP contribution is -2.34. The molecular formula is C45H57NO4S. The van der Waals surface area contributed by atoms with Crippen LogP contribution in [0.15, 0.2) is 82.4 Å². The maximum Gasteiger partial charge on any atom is 0.337 e. The third-order valence-corrected chi connectivity index (χ3v) is 13.2. The van der Waals surface area contributed by atoms with Gasteiger partial charge in [0.05, 0.1) is 5.56 Å². The van der Waals surface area contributed by atoms with E-state index in [-0.39, 0.29) is 32.6 Å². The average Bonchev–Trinajstić information content (AvgIpc) is 3.72. The monoisotopic (exact) mass is 707 g/mol. The molecule has 1 aromatic heterocycles. The predicted molar refractivity (Wildman–Crippen MR) is 210 cm³/mol. The summed E-state index contributed by atoms with van der Waals surface area (Å²) in [5, 5.41) is 18.7. The van der Waals surface area contributed by atoms with E-state index in [0.29, 0.717) is 5.92 Å². The highest BCUT2D eigenvalue weighted by Crippen LogP contribution is 2.56. The molecule has 6 rings (SSSR count). The van der Waals surface area contributed by atoms with E-state index in [9.17, 15) is 9.59 Å². The van der Waals surface area contributed by atoms with Crippen molar-refractivity contribution < 1.29 is 19.8 Å². The fourth-order valence-corrected chi connectivity index (χ4v) is 8.82. The summed E-state index contributed by atoms with van der Waals surface area (Å²) in [4.78, 5) is 27.2. The smallest absolute Gasteiger partial charge is 0.337 e. The van der Waals surface area contributed by atoms with Crippen LogP contribution < -0.4 is 0 Å². The van der Waals surface area contributed by atoms with E-state index in [0.717, 1.165) is 17.0 Å². The number of pyridine rings is 1. The molecule has 6 heteroatoms. The molecule has 3 aliphatic carbocycles. The number of nitrogens with zero attached hydrogens (tertiary/aromatic N) is 1. The molecule has 2 N–H and O–H groups in total. The van der Waals surface area contributed by atoms with E-state index in [1.54, 1.807) is 23.9 Å². The predicted octanol–water partition coefficient (Wildman–Crippen LogP) is 11.5. The van der Waals surface area contributed by atoms with E-state index >= 15 is 0 Å². The SMILES string of the molecule is CC(/C=C/C1CC1(C)c1ccc2c(c1)C(C)(C)CCC2(C)C)=C\C(=O)O.Cc1cc2c(cc1Sc1ccc(C(=O)O)cn1)C(C)(C)CCC2(C)C. The van der Waals surface area contributed by atoms with Gasteiger partial charge in [-0.1, -0.05) is 110 Å². The zero-order valence-corrected chi connectivity index (χ0v) is 33.3. The first kappa shape index (κ1) is 38.6. The first-order valence-corrected chi connectivity index (χ1v) is 19.2. The summed E-state index contributed by atoms with van der Waals surface area (Å²) < 4.78 is 0. The summed E-state index contributed by atoms with van der Waals surface area (Å²) in [7, 11) is 0. The number of fused-ring (bicyclic) bond motifs is 2. The molecule has 0 aliphatic heterocycles. The van der Waals surface area contributed by atoms with Gasteiger partial charge in [-0.15, -0.1) is 0 Å². The van der Waals surface area contributed by atoms with Crippen molar-refractivity contribution in [1.82, 2.24) is 4.98 Å². The zero-order valence-electron chi connectivity index (χ0n) is 32.5. The molecule has 0 amide bonds. The molecule has 0 saturated heterocycles. The van der Waals surface area contributed by atoms with Crippen LogP contribution >= 0.6 is 11.8 Å². The molecule has 3 aromatic rings. The van der Waals surface area contributed by atoms with Crippen LogP contribution in [0.5, 0.6) is 0 Å². The van der Waals surface area contributed by atoms with Gasteiger partial charge in [-0.05, 0) is 136 Å². The highest BCUT2D eigenvalue weighted by Gasteiger charge is 2.50.